The predicted octanol–water partition coefficient (Wildman–Crippen LogP) is 1.72. The van der Waals surface area contributed by atoms with Crippen molar-refractivity contribution in [3.05, 3.63) is 42.2 Å². The lowest BCUT2D eigenvalue weighted by Crippen LogP contribution is -2.46. The van der Waals surface area contributed by atoms with E-state index in [0.29, 0.717) is 24.4 Å². The van der Waals surface area contributed by atoms with Crippen LogP contribution < -0.4 is 5.73 Å². The maximum absolute atomic E-state index is 13.0. The molecule has 3 aliphatic rings. The number of nitrogens with two attached hydrogens (primary N) is 1. The first kappa shape index (κ1) is 13.0. The van der Waals surface area contributed by atoms with E-state index in [4.69, 9.17) is 5.73 Å². The molecule has 2 N–H and O–H groups in total. The minimum Gasteiger partial charge on any atom is -0.335 e. The monoisotopic (exact) mass is 283 g/mol. The number of rotatable bonds is 4. The number of amides is 1. The number of allylic oxidation sites excluding steroid dienone is 1. The molecule has 0 saturated heterocycles. The van der Waals surface area contributed by atoms with E-state index in [1.807, 2.05) is 12.1 Å². The number of aromatic nitrogens is 1. The summed E-state index contributed by atoms with van der Waals surface area (Å²) >= 11 is 0. The minimum atomic E-state index is -0.0116. The van der Waals surface area contributed by atoms with E-state index in [2.05, 4.69) is 22.0 Å². The third-order valence-electron chi connectivity index (χ3n) is 5.18. The Kier molecular flexibility index (Phi) is 3.07. The molecule has 4 nitrogen and oxygen atoms in total. The number of carbonyl (C=O) groups excluding carboxylic acids is 1. The van der Waals surface area contributed by atoms with Crippen LogP contribution in [-0.4, -0.2) is 27.9 Å². The van der Waals surface area contributed by atoms with E-state index in [1.165, 1.54) is 0 Å². The van der Waals surface area contributed by atoms with E-state index in [0.717, 1.165) is 24.8 Å². The average Bonchev–Trinajstić information content (AvgIpc) is 3.16. The zero-order valence-corrected chi connectivity index (χ0v) is 12.1. The Morgan fingerprint density at radius 2 is 1.95 bits per heavy atom. The fourth-order valence-corrected chi connectivity index (χ4v) is 3.86. The Bertz CT molecular complexity index is 567. The Hall–Kier alpha value is -1.68. The Labute approximate surface area is 125 Å². The normalized spacial score (nSPS) is 33.4. The predicted molar refractivity (Wildman–Crippen MR) is 80.0 cm³/mol. The second-order valence-corrected chi connectivity index (χ2v) is 6.60. The molecule has 2 bridgehead atoms. The van der Waals surface area contributed by atoms with Gasteiger partial charge in [-0.25, -0.2) is 0 Å². The highest BCUT2D eigenvalue weighted by Crippen LogP contribution is 2.44. The summed E-state index contributed by atoms with van der Waals surface area (Å²) in [5.41, 5.74) is 7.46. The molecule has 1 aromatic rings. The second-order valence-electron chi connectivity index (χ2n) is 6.60. The van der Waals surface area contributed by atoms with Crippen LogP contribution in [0.1, 0.15) is 24.8 Å². The molecule has 0 radical (unpaired) electrons. The van der Waals surface area contributed by atoms with E-state index in [9.17, 15) is 4.79 Å². The first-order valence-electron chi connectivity index (χ1n) is 7.87. The van der Waals surface area contributed by atoms with E-state index in [-0.39, 0.29) is 17.9 Å². The molecular formula is C17H21N3O. The van der Waals surface area contributed by atoms with Crippen LogP contribution in [0, 0.1) is 17.8 Å². The topological polar surface area (TPSA) is 59.2 Å². The number of fused-ring (bicyclic) bond motifs is 2. The van der Waals surface area contributed by atoms with Crippen molar-refractivity contribution in [2.75, 3.05) is 0 Å². The number of pyridine rings is 1. The molecule has 0 aliphatic heterocycles. The van der Waals surface area contributed by atoms with Gasteiger partial charge in [-0.05, 0) is 48.8 Å². The smallest absolute Gasteiger partial charge is 0.228 e. The highest BCUT2D eigenvalue weighted by Gasteiger charge is 2.49. The van der Waals surface area contributed by atoms with Crippen molar-refractivity contribution in [3.63, 3.8) is 0 Å². The van der Waals surface area contributed by atoms with Crippen molar-refractivity contribution in [2.24, 2.45) is 23.5 Å². The van der Waals surface area contributed by atoms with Crippen molar-refractivity contribution in [3.8, 4) is 0 Å². The summed E-state index contributed by atoms with van der Waals surface area (Å²) in [6.07, 6.45) is 11.3. The van der Waals surface area contributed by atoms with Gasteiger partial charge in [-0.2, -0.15) is 0 Å². The maximum Gasteiger partial charge on any atom is 0.228 e. The van der Waals surface area contributed by atoms with Crippen LogP contribution in [0.5, 0.6) is 0 Å². The molecule has 0 unspecified atom stereocenters. The molecule has 1 amide bonds. The molecule has 0 spiro atoms. The summed E-state index contributed by atoms with van der Waals surface area (Å²) in [5.74, 6) is 1.02. The van der Waals surface area contributed by atoms with Crippen molar-refractivity contribution in [2.45, 2.75) is 37.9 Å². The van der Waals surface area contributed by atoms with Crippen molar-refractivity contribution in [1.82, 2.24) is 9.88 Å². The first-order chi connectivity index (χ1) is 10.2. The Morgan fingerprint density at radius 3 is 2.57 bits per heavy atom. The molecule has 1 aromatic heterocycles. The van der Waals surface area contributed by atoms with Gasteiger partial charge in [-0.15, -0.1) is 0 Å². The van der Waals surface area contributed by atoms with Gasteiger partial charge >= 0.3 is 0 Å². The highest BCUT2D eigenvalue weighted by molar-refractivity contribution is 5.81. The van der Waals surface area contributed by atoms with Crippen LogP contribution in [0.25, 0.3) is 0 Å². The summed E-state index contributed by atoms with van der Waals surface area (Å²) in [5, 5.41) is 0. The molecular weight excluding hydrogens is 262 g/mol. The third-order valence-corrected chi connectivity index (χ3v) is 5.18. The quantitative estimate of drug-likeness (QED) is 0.856. The highest BCUT2D eigenvalue weighted by atomic mass is 16.2. The number of hydrogen-bond donors (Lipinski definition) is 1. The van der Waals surface area contributed by atoms with Crippen LogP contribution in [0.3, 0.4) is 0 Å². The lowest BCUT2D eigenvalue weighted by Gasteiger charge is -2.31. The standard InChI is InChI=1S/C17H21N3O/c18-16-13-2-1-12(9-13)15(16)17(21)20(14-3-4-14)10-11-5-7-19-8-6-11/h1-2,5-8,12-16H,3-4,9-10,18H2/t12-,13+,15-,16+/m1/s1. The molecule has 4 heteroatoms. The fraction of sp³-hybridized carbons (Fsp3) is 0.529. The van der Waals surface area contributed by atoms with Gasteiger partial charge in [0.1, 0.15) is 0 Å². The summed E-state index contributed by atoms with van der Waals surface area (Å²) in [4.78, 5) is 19.1. The van der Waals surface area contributed by atoms with Gasteiger partial charge in [-0.1, -0.05) is 12.2 Å². The van der Waals surface area contributed by atoms with Gasteiger partial charge in [0, 0.05) is 31.0 Å². The largest absolute Gasteiger partial charge is 0.335 e. The molecule has 4 rings (SSSR count). The van der Waals surface area contributed by atoms with Crippen molar-refractivity contribution >= 4 is 5.91 Å². The third kappa shape index (κ3) is 2.27. The summed E-state index contributed by atoms with van der Waals surface area (Å²) in [6.45, 7) is 0.691. The van der Waals surface area contributed by atoms with Crippen LogP contribution in [0.15, 0.2) is 36.7 Å². The van der Waals surface area contributed by atoms with E-state index >= 15 is 0 Å². The van der Waals surface area contributed by atoms with Crippen LogP contribution in [-0.2, 0) is 11.3 Å². The zero-order chi connectivity index (χ0) is 14.4. The average molecular weight is 283 g/mol. The SMILES string of the molecule is N[C@@H]1[C@H](C(=O)N(Cc2ccncc2)C2CC2)[C@@H]2C=C[C@H]1C2. The number of nitrogens with zero attached hydrogens (tertiary/aromatic N) is 2. The Morgan fingerprint density at radius 1 is 1.24 bits per heavy atom. The fourth-order valence-electron chi connectivity index (χ4n) is 3.86. The zero-order valence-electron chi connectivity index (χ0n) is 12.1. The molecule has 110 valence electrons. The van der Waals surface area contributed by atoms with Gasteiger partial charge < -0.3 is 10.6 Å². The van der Waals surface area contributed by atoms with Gasteiger partial charge in [0.05, 0.1) is 5.92 Å². The molecule has 21 heavy (non-hydrogen) atoms. The lowest BCUT2D eigenvalue weighted by atomic mass is 9.88. The van der Waals surface area contributed by atoms with Crippen molar-refractivity contribution < 1.29 is 4.79 Å². The summed E-state index contributed by atoms with van der Waals surface area (Å²) < 4.78 is 0. The lowest BCUT2D eigenvalue weighted by molar-refractivity contribution is -0.138. The summed E-state index contributed by atoms with van der Waals surface area (Å²) in [6, 6.07) is 4.40. The van der Waals surface area contributed by atoms with E-state index < -0.39 is 0 Å². The van der Waals surface area contributed by atoms with Gasteiger partial charge in [0.25, 0.3) is 0 Å². The van der Waals surface area contributed by atoms with Crippen LogP contribution in [0.4, 0.5) is 0 Å². The number of carbonyl (C=O) groups is 1. The molecule has 0 aromatic carbocycles. The van der Waals surface area contributed by atoms with Crippen LogP contribution in [0.2, 0.25) is 0 Å². The molecule has 4 atom stereocenters. The van der Waals surface area contributed by atoms with E-state index in [1.54, 1.807) is 12.4 Å². The van der Waals surface area contributed by atoms with Crippen molar-refractivity contribution in [1.29, 1.82) is 0 Å². The molecule has 2 saturated carbocycles. The first-order valence-corrected chi connectivity index (χ1v) is 7.87. The number of hydrogen-bond acceptors (Lipinski definition) is 3. The Balaban J connectivity index is 1.54. The van der Waals surface area contributed by atoms with Gasteiger partial charge in [0.15, 0.2) is 0 Å². The molecule has 2 fully saturated rings. The summed E-state index contributed by atoms with van der Waals surface area (Å²) in [7, 11) is 0. The van der Waals surface area contributed by atoms with Crippen LogP contribution >= 0.6 is 0 Å². The second kappa shape index (κ2) is 4.95. The van der Waals surface area contributed by atoms with Gasteiger partial charge in [-0.3, -0.25) is 9.78 Å². The molecule has 3 aliphatic carbocycles. The van der Waals surface area contributed by atoms with Gasteiger partial charge in [0.2, 0.25) is 5.91 Å². The minimum absolute atomic E-state index is 0.00573. The maximum atomic E-state index is 13.0. The molecule has 1 heterocycles.